The van der Waals surface area contributed by atoms with Crippen LogP contribution in [0.3, 0.4) is 0 Å². The van der Waals surface area contributed by atoms with E-state index in [-0.39, 0.29) is 0 Å². The van der Waals surface area contributed by atoms with Crippen molar-refractivity contribution in [3.05, 3.63) is 17.0 Å². The molecule has 0 radical (unpaired) electrons. The molecule has 1 N–H and O–H groups in total. The number of hydrogen-bond donors (Lipinski definition) is 1. The van der Waals surface area contributed by atoms with Crippen LogP contribution in [0.4, 0.5) is 5.95 Å². The summed E-state index contributed by atoms with van der Waals surface area (Å²) in [7, 11) is 1.71. The van der Waals surface area contributed by atoms with Crippen molar-refractivity contribution < 1.29 is 9.47 Å². The first-order valence-electron chi connectivity index (χ1n) is 7.09. The van der Waals surface area contributed by atoms with Crippen molar-refractivity contribution in [3.8, 4) is 0 Å². The van der Waals surface area contributed by atoms with Gasteiger partial charge in [0.1, 0.15) is 0 Å². The van der Waals surface area contributed by atoms with Gasteiger partial charge in [-0.3, -0.25) is 0 Å². The standard InChI is InChI=1S/C14H24N4O2/c1-11-13(10-15-4-7-19-3)12(2)17-14(16-11)18-5-8-20-9-6-18/h15H,4-10H2,1-3H3. The van der Waals surface area contributed by atoms with Gasteiger partial charge in [0.25, 0.3) is 0 Å². The number of rotatable bonds is 6. The van der Waals surface area contributed by atoms with Gasteiger partial charge < -0.3 is 19.7 Å². The molecular weight excluding hydrogens is 256 g/mol. The first-order chi connectivity index (χ1) is 9.72. The Kier molecular flexibility index (Phi) is 5.70. The first-order valence-corrected chi connectivity index (χ1v) is 7.09. The Hall–Kier alpha value is -1.24. The molecule has 0 aliphatic carbocycles. The van der Waals surface area contributed by atoms with Gasteiger partial charge in [0.15, 0.2) is 0 Å². The molecule has 0 saturated carbocycles. The highest BCUT2D eigenvalue weighted by Crippen LogP contribution is 2.16. The molecule has 1 aromatic rings. The molecule has 0 bridgehead atoms. The lowest BCUT2D eigenvalue weighted by atomic mass is 10.1. The van der Waals surface area contributed by atoms with Crippen molar-refractivity contribution in [2.24, 2.45) is 0 Å². The number of morpholine rings is 1. The van der Waals surface area contributed by atoms with Gasteiger partial charge in [0.05, 0.1) is 19.8 Å². The average Bonchev–Trinajstić information content (AvgIpc) is 2.46. The molecule has 1 aliphatic heterocycles. The highest BCUT2D eigenvalue weighted by atomic mass is 16.5. The molecular formula is C14H24N4O2. The Bertz CT molecular complexity index is 410. The molecule has 1 saturated heterocycles. The maximum Gasteiger partial charge on any atom is 0.225 e. The molecule has 0 aromatic carbocycles. The van der Waals surface area contributed by atoms with Crippen molar-refractivity contribution in [2.75, 3.05) is 51.5 Å². The third kappa shape index (κ3) is 3.88. The fourth-order valence-corrected chi connectivity index (χ4v) is 2.27. The second-order valence-electron chi connectivity index (χ2n) is 4.94. The van der Waals surface area contributed by atoms with Crippen LogP contribution in [0.25, 0.3) is 0 Å². The number of ether oxygens (including phenoxy) is 2. The lowest BCUT2D eigenvalue weighted by Crippen LogP contribution is -2.37. The van der Waals surface area contributed by atoms with Crippen LogP contribution in [-0.2, 0) is 16.0 Å². The summed E-state index contributed by atoms with van der Waals surface area (Å²) in [4.78, 5) is 11.5. The maximum atomic E-state index is 5.36. The van der Waals surface area contributed by atoms with Gasteiger partial charge in [-0.25, -0.2) is 9.97 Å². The first kappa shape index (κ1) is 15.2. The summed E-state index contributed by atoms with van der Waals surface area (Å²) in [6.45, 7) is 9.66. The third-order valence-electron chi connectivity index (χ3n) is 3.49. The molecule has 112 valence electrons. The predicted octanol–water partition coefficient (Wildman–Crippen LogP) is 0.666. The van der Waals surface area contributed by atoms with Crippen LogP contribution in [0.5, 0.6) is 0 Å². The van der Waals surface area contributed by atoms with Crippen LogP contribution in [-0.4, -0.2) is 56.5 Å². The number of methoxy groups -OCH3 is 1. The lowest BCUT2D eigenvalue weighted by molar-refractivity contribution is 0.122. The summed E-state index contributed by atoms with van der Waals surface area (Å²) in [6, 6.07) is 0. The van der Waals surface area contributed by atoms with Crippen LogP contribution >= 0.6 is 0 Å². The van der Waals surface area contributed by atoms with Crippen LogP contribution in [0.1, 0.15) is 17.0 Å². The topological polar surface area (TPSA) is 59.5 Å². The number of nitrogens with one attached hydrogen (secondary N) is 1. The fraction of sp³-hybridized carbons (Fsp3) is 0.714. The molecule has 20 heavy (non-hydrogen) atoms. The van der Waals surface area contributed by atoms with E-state index in [9.17, 15) is 0 Å². The Balaban J connectivity index is 2.03. The van der Waals surface area contributed by atoms with E-state index in [1.807, 2.05) is 13.8 Å². The van der Waals surface area contributed by atoms with Crippen LogP contribution in [0, 0.1) is 13.8 Å². The SMILES string of the molecule is COCCNCc1c(C)nc(N2CCOCC2)nc1C. The van der Waals surface area contributed by atoms with Crippen LogP contribution in [0.15, 0.2) is 0 Å². The average molecular weight is 280 g/mol. The molecule has 2 heterocycles. The molecule has 6 nitrogen and oxygen atoms in total. The summed E-state index contributed by atoms with van der Waals surface area (Å²) in [5, 5.41) is 3.34. The summed E-state index contributed by atoms with van der Waals surface area (Å²) < 4.78 is 10.4. The minimum absolute atomic E-state index is 0.713. The highest BCUT2D eigenvalue weighted by molar-refractivity contribution is 5.36. The van der Waals surface area contributed by atoms with Crippen LogP contribution < -0.4 is 10.2 Å². The monoisotopic (exact) mass is 280 g/mol. The fourth-order valence-electron chi connectivity index (χ4n) is 2.27. The van der Waals surface area contributed by atoms with Crippen molar-refractivity contribution in [1.82, 2.24) is 15.3 Å². The van der Waals surface area contributed by atoms with Crippen molar-refractivity contribution in [1.29, 1.82) is 0 Å². The molecule has 2 rings (SSSR count). The van der Waals surface area contributed by atoms with Gasteiger partial charge in [0, 0.05) is 50.2 Å². The lowest BCUT2D eigenvalue weighted by Gasteiger charge is -2.27. The van der Waals surface area contributed by atoms with Gasteiger partial charge in [-0.2, -0.15) is 0 Å². The second-order valence-corrected chi connectivity index (χ2v) is 4.94. The van der Waals surface area contributed by atoms with E-state index in [0.29, 0.717) is 6.61 Å². The molecule has 0 unspecified atom stereocenters. The molecule has 6 heteroatoms. The van der Waals surface area contributed by atoms with Gasteiger partial charge >= 0.3 is 0 Å². The van der Waals surface area contributed by atoms with E-state index in [2.05, 4.69) is 20.2 Å². The zero-order valence-corrected chi connectivity index (χ0v) is 12.6. The Labute approximate surface area is 120 Å². The Morgan fingerprint density at radius 2 is 1.85 bits per heavy atom. The number of aromatic nitrogens is 2. The number of nitrogens with zero attached hydrogens (tertiary/aromatic N) is 3. The maximum absolute atomic E-state index is 5.36. The largest absolute Gasteiger partial charge is 0.383 e. The van der Waals surface area contributed by atoms with Gasteiger partial charge in [-0.1, -0.05) is 0 Å². The zero-order valence-electron chi connectivity index (χ0n) is 12.6. The normalized spacial score (nSPS) is 15.7. The van der Waals surface area contributed by atoms with E-state index in [1.54, 1.807) is 7.11 Å². The van der Waals surface area contributed by atoms with E-state index < -0.39 is 0 Å². The minimum atomic E-state index is 0.713. The summed E-state index contributed by atoms with van der Waals surface area (Å²) >= 11 is 0. The number of hydrogen-bond acceptors (Lipinski definition) is 6. The predicted molar refractivity (Wildman–Crippen MR) is 78.1 cm³/mol. The van der Waals surface area contributed by atoms with E-state index in [1.165, 1.54) is 5.56 Å². The third-order valence-corrected chi connectivity index (χ3v) is 3.49. The van der Waals surface area contributed by atoms with E-state index >= 15 is 0 Å². The van der Waals surface area contributed by atoms with Gasteiger partial charge in [0.2, 0.25) is 5.95 Å². The van der Waals surface area contributed by atoms with Crippen molar-refractivity contribution in [2.45, 2.75) is 20.4 Å². The van der Waals surface area contributed by atoms with E-state index in [0.717, 1.165) is 56.7 Å². The molecule has 1 fully saturated rings. The van der Waals surface area contributed by atoms with Crippen LogP contribution in [0.2, 0.25) is 0 Å². The molecule has 0 atom stereocenters. The quantitative estimate of drug-likeness (QED) is 0.773. The Morgan fingerprint density at radius 1 is 1.20 bits per heavy atom. The number of anilines is 1. The summed E-state index contributed by atoms with van der Waals surface area (Å²) in [5.74, 6) is 0.823. The van der Waals surface area contributed by atoms with Crippen molar-refractivity contribution >= 4 is 5.95 Å². The number of aryl methyl sites for hydroxylation is 2. The molecule has 0 spiro atoms. The molecule has 1 aliphatic rings. The smallest absolute Gasteiger partial charge is 0.225 e. The van der Waals surface area contributed by atoms with Gasteiger partial charge in [-0.15, -0.1) is 0 Å². The molecule has 1 aromatic heterocycles. The second kappa shape index (κ2) is 7.52. The highest BCUT2D eigenvalue weighted by Gasteiger charge is 2.16. The zero-order chi connectivity index (χ0) is 14.4. The van der Waals surface area contributed by atoms with Gasteiger partial charge in [-0.05, 0) is 13.8 Å². The van der Waals surface area contributed by atoms with Crippen molar-refractivity contribution in [3.63, 3.8) is 0 Å². The Morgan fingerprint density at radius 3 is 2.45 bits per heavy atom. The molecule has 0 amide bonds. The summed E-state index contributed by atoms with van der Waals surface area (Å²) in [6.07, 6.45) is 0. The van der Waals surface area contributed by atoms with E-state index in [4.69, 9.17) is 9.47 Å². The minimum Gasteiger partial charge on any atom is -0.383 e. The summed E-state index contributed by atoms with van der Waals surface area (Å²) in [5.41, 5.74) is 3.27.